The topological polar surface area (TPSA) is 17.1 Å². The van der Waals surface area contributed by atoms with Gasteiger partial charge in [0.25, 0.3) is 0 Å². The number of thioether (sulfide) groups is 1. The second kappa shape index (κ2) is 6.47. The van der Waals surface area contributed by atoms with Gasteiger partial charge in [-0.15, -0.1) is 0 Å². The molecule has 1 unspecified atom stereocenters. The fraction of sp³-hybridized carbons (Fsp3) is 0.667. The van der Waals surface area contributed by atoms with E-state index in [0.29, 0.717) is 5.25 Å². The van der Waals surface area contributed by atoms with Gasteiger partial charge in [-0.05, 0) is 12.5 Å². The molecule has 0 saturated heterocycles. The highest BCUT2D eigenvalue weighted by molar-refractivity contribution is 8.14. The van der Waals surface area contributed by atoms with E-state index >= 15 is 0 Å². The summed E-state index contributed by atoms with van der Waals surface area (Å²) in [5, 5.41) is 0.536. The van der Waals surface area contributed by atoms with Gasteiger partial charge in [0.2, 0.25) is 5.12 Å². The van der Waals surface area contributed by atoms with E-state index in [0.717, 1.165) is 6.42 Å². The van der Waals surface area contributed by atoms with Crippen LogP contribution in [0.4, 0.5) is 0 Å². The molecule has 1 atom stereocenters. The van der Waals surface area contributed by atoms with Crippen LogP contribution in [0.25, 0.3) is 0 Å². The number of carbonyl (C=O) groups is 1. The van der Waals surface area contributed by atoms with Gasteiger partial charge >= 0.3 is 0 Å². The molecule has 0 rings (SSSR count). The molecule has 64 valence electrons. The van der Waals surface area contributed by atoms with Crippen LogP contribution in [-0.2, 0) is 4.79 Å². The van der Waals surface area contributed by atoms with Crippen LogP contribution in [0.2, 0.25) is 0 Å². The van der Waals surface area contributed by atoms with E-state index in [1.54, 1.807) is 0 Å². The maximum Gasteiger partial charge on any atom is 0.211 e. The Bertz CT molecular complexity index is 132. The van der Waals surface area contributed by atoms with Gasteiger partial charge in [-0.3, -0.25) is 4.79 Å². The molecule has 0 aliphatic rings. The quantitative estimate of drug-likeness (QED) is 0.593. The zero-order chi connectivity index (χ0) is 8.69. The zero-order valence-electron chi connectivity index (χ0n) is 7.30. The lowest BCUT2D eigenvalue weighted by Crippen LogP contribution is -1.99. The molecule has 0 fully saturated rings. The average molecular weight is 172 g/mol. The molecule has 0 aliphatic carbocycles. The Morgan fingerprint density at radius 3 is 2.82 bits per heavy atom. The minimum Gasteiger partial charge on any atom is -0.282 e. The minimum atomic E-state index is 0.0913. The van der Waals surface area contributed by atoms with E-state index in [-0.39, 0.29) is 5.12 Å². The number of carbonyl (C=O) groups excluding carboxylic acids is 1. The molecule has 2 heteroatoms. The first-order chi connectivity index (χ1) is 5.20. The van der Waals surface area contributed by atoms with Gasteiger partial charge in [0, 0.05) is 5.25 Å². The van der Waals surface area contributed by atoms with Crippen LogP contribution in [0, 0.1) is 0 Å². The average Bonchev–Trinajstić information content (AvgIpc) is 2.00. The van der Waals surface area contributed by atoms with Crippen LogP contribution in [0.15, 0.2) is 12.7 Å². The summed E-state index contributed by atoms with van der Waals surface area (Å²) in [7, 11) is 0. The molecule has 0 N–H and O–H groups in total. The molecule has 0 spiro atoms. The molecule has 0 aromatic heterocycles. The van der Waals surface area contributed by atoms with Crippen molar-refractivity contribution < 1.29 is 4.79 Å². The van der Waals surface area contributed by atoms with E-state index in [9.17, 15) is 4.79 Å². The van der Waals surface area contributed by atoms with Crippen molar-refractivity contribution in [1.82, 2.24) is 0 Å². The Hall–Kier alpha value is -0.240. The summed E-state index contributed by atoms with van der Waals surface area (Å²) in [4.78, 5) is 10.8. The Balaban J connectivity index is 3.43. The lowest BCUT2D eigenvalue weighted by Gasteiger charge is -2.06. The third kappa shape index (κ3) is 6.17. The smallest absolute Gasteiger partial charge is 0.211 e. The fourth-order valence-corrected chi connectivity index (χ4v) is 1.57. The first-order valence-electron chi connectivity index (χ1n) is 4.03. The molecule has 0 radical (unpaired) electrons. The Labute approximate surface area is 73.3 Å². The van der Waals surface area contributed by atoms with Crippen molar-refractivity contribution in [3.8, 4) is 0 Å². The molecule has 0 aromatic rings. The zero-order valence-corrected chi connectivity index (χ0v) is 8.12. The summed E-state index contributed by atoms with van der Waals surface area (Å²) in [5.41, 5.74) is 0. The van der Waals surface area contributed by atoms with E-state index in [4.69, 9.17) is 0 Å². The molecule has 0 bridgehead atoms. The molecule has 0 aromatic carbocycles. The molecule has 1 nitrogen and oxygen atoms in total. The molecule has 0 heterocycles. The standard InChI is InChI=1S/C9H16OS/c1-4-6-7-8(3)11-9(10)5-2/h5,8H,2,4,6-7H2,1,3H3. The van der Waals surface area contributed by atoms with Gasteiger partial charge in [-0.2, -0.15) is 0 Å². The van der Waals surface area contributed by atoms with E-state index in [1.807, 2.05) is 0 Å². The van der Waals surface area contributed by atoms with Gasteiger partial charge in [-0.1, -0.05) is 45.0 Å². The molecular formula is C9H16OS. The van der Waals surface area contributed by atoms with Crippen LogP contribution >= 0.6 is 11.8 Å². The van der Waals surface area contributed by atoms with Crippen molar-refractivity contribution in [3.63, 3.8) is 0 Å². The lowest BCUT2D eigenvalue weighted by atomic mass is 10.2. The van der Waals surface area contributed by atoms with Gasteiger partial charge in [0.1, 0.15) is 0 Å². The first kappa shape index (κ1) is 10.8. The van der Waals surface area contributed by atoms with Gasteiger partial charge in [0.05, 0.1) is 0 Å². The van der Waals surface area contributed by atoms with Crippen molar-refractivity contribution in [2.45, 2.75) is 38.4 Å². The van der Waals surface area contributed by atoms with Crippen LogP contribution in [-0.4, -0.2) is 10.4 Å². The third-order valence-corrected chi connectivity index (χ3v) is 2.49. The second-order valence-corrected chi connectivity index (χ2v) is 4.04. The van der Waals surface area contributed by atoms with Gasteiger partial charge < -0.3 is 0 Å². The maximum atomic E-state index is 10.8. The molecule has 11 heavy (non-hydrogen) atoms. The summed E-state index contributed by atoms with van der Waals surface area (Å²) in [5.74, 6) is 0. The Kier molecular flexibility index (Phi) is 6.33. The maximum absolute atomic E-state index is 10.8. The highest BCUT2D eigenvalue weighted by Gasteiger charge is 2.05. The Morgan fingerprint density at radius 2 is 2.36 bits per heavy atom. The van der Waals surface area contributed by atoms with E-state index < -0.39 is 0 Å². The highest BCUT2D eigenvalue weighted by Crippen LogP contribution is 2.17. The normalized spacial score (nSPS) is 12.5. The number of rotatable bonds is 5. The summed E-state index contributed by atoms with van der Waals surface area (Å²) in [6, 6.07) is 0. The minimum absolute atomic E-state index is 0.0913. The van der Waals surface area contributed by atoms with E-state index in [1.165, 1.54) is 30.7 Å². The van der Waals surface area contributed by atoms with Crippen LogP contribution in [0.1, 0.15) is 33.1 Å². The van der Waals surface area contributed by atoms with Crippen LogP contribution in [0.5, 0.6) is 0 Å². The van der Waals surface area contributed by atoms with Gasteiger partial charge in [-0.25, -0.2) is 0 Å². The van der Waals surface area contributed by atoms with Crippen molar-refractivity contribution in [2.24, 2.45) is 0 Å². The monoisotopic (exact) mass is 172 g/mol. The summed E-state index contributed by atoms with van der Waals surface area (Å²) >= 11 is 1.38. The SMILES string of the molecule is C=CC(=O)SC(C)CCCC. The Morgan fingerprint density at radius 1 is 1.73 bits per heavy atom. The van der Waals surface area contributed by atoms with Crippen molar-refractivity contribution in [3.05, 3.63) is 12.7 Å². The molecular weight excluding hydrogens is 156 g/mol. The summed E-state index contributed by atoms with van der Waals surface area (Å²) in [6.45, 7) is 7.67. The van der Waals surface area contributed by atoms with Gasteiger partial charge in [0.15, 0.2) is 0 Å². The highest BCUT2D eigenvalue weighted by atomic mass is 32.2. The van der Waals surface area contributed by atoms with Crippen molar-refractivity contribution in [2.75, 3.05) is 0 Å². The second-order valence-electron chi connectivity index (χ2n) is 2.59. The van der Waals surface area contributed by atoms with Crippen LogP contribution < -0.4 is 0 Å². The third-order valence-electron chi connectivity index (χ3n) is 1.45. The van der Waals surface area contributed by atoms with E-state index in [2.05, 4.69) is 20.4 Å². The molecule has 0 saturated carbocycles. The predicted molar refractivity (Wildman–Crippen MR) is 51.8 cm³/mol. The lowest BCUT2D eigenvalue weighted by molar-refractivity contribution is -0.107. The predicted octanol–water partition coefficient (Wildman–Crippen LogP) is 3.01. The summed E-state index contributed by atoms with van der Waals surface area (Å²) in [6.07, 6.45) is 4.92. The summed E-state index contributed by atoms with van der Waals surface area (Å²) < 4.78 is 0. The number of hydrogen-bond donors (Lipinski definition) is 0. The van der Waals surface area contributed by atoms with Crippen molar-refractivity contribution in [1.29, 1.82) is 0 Å². The fourth-order valence-electron chi connectivity index (χ4n) is 0.797. The number of hydrogen-bond acceptors (Lipinski definition) is 2. The molecule has 0 aliphatic heterocycles. The van der Waals surface area contributed by atoms with Crippen LogP contribution in [0.3, 0.4) is 0 Å². The first-order valence-corrected chi connectivity index (χ1v) is 4.91. The number of unbranched alkanes of at least 4 members (excludes halogenated alkanes) is 1. The van der Waals surface area contributed by atoms with Crippen molar-refractivity contribution >= 4 is 16.9 Å². The molecule has 0 amide bonds. The largest absolute Gasteiger partial charge is 0.282 e.